The van der Waals surface area contributed by atoms with E-state index in [1.807, 2.05) is 51.1 Å². The van der Waals surface area contributed by atoms with E-state index < -0.39 is 5.60 Å². The maximum atomic E-state index is 12.0. The van der Waals surface area contributed by atoms with Gasteiger partial charge in [0.05, 0.1) is 0 Å². The monoisotopic (exact) mass is 361 g/mol. The first kappa shape index (κ1) is 20.2. The molecular formula is C20H31N3O3. The van der Waals surface area contributed by atoms with Crippen LogP contribution in [0.5, 0.6) is 0 Å². The summed E-state index contributed by atoms with van der Waals surface area (Å²) in [5.41, 5.74) is 0.374. The second-order valence-corrected chi connectivity index (χ2v) is 7.86. The second-order valence-electron chi connectivity index (χ2n) is 7.86. The molecule has 1 unspecified atom stereocenters. The summed E-state index contributed by atoms with van der Waals surface area (Å²) in [4.78, 5) is 26.0. The minimum absolute atomic E-state index is 0.0542. The van der Waals surface area contributed by atoms with Crippen LogP contribution in [0.4, 0.5) is 10.5 Å². The summed E-state index contributed by atoms with van der Waals surface area (Å²) < 4.78 is 5.26. The fourth-order valence-electron chi connectivity index (χ4n) is 3.03. The fraction of sp³-hybridized carbons (Fsp3) is 0.600. The van der Waals surface area contributed by atoms with Gasteiger partial charge in [0, 0.05) is 25.2 Å². The Morgan fingerprint density at radius 1 is 1.23 bits per heavy atom. The highest BCUT2D eigenvalue weighted by molar-refractivity contribution is 5.90. The van der Waals surface area contributed by atoms with Gasteiger partial charge in [-0.05, 0) is 64.8 Å². The molecule has 0 radical (unpaired) electrons. The van der Waals surface area contributed by atoms with Crippen molar-refractivity contribution in [2.24, 2.45) is 5.92 Å². The predicted molar refractivity (Wildman–Crippen MR) is 103 cm³/mol. The number of para-hydroxylation sites is 1. The maximum Gasteiger partial charge on any atom is 0.407 e. The topological polar surface area (TPSA) is 70.7 Å². The molecule has 1 saturated heterocycles. The average Bonchev–Trinajstić information content (AvgIpc) is 3.00. The van der Waals surface area contributed by atoms with Crippen molar-refractivity contribution in [2.45, 2.75) is 45.6 Å². The van der Waals surface area contributed by atoms with E-state index in [-0.39, 0.29) is 12.0 Å². The van der Waals surface area contributed by atoms with Crippen molar-refractivity contribution in [3.8, 4) is 0 Å². The van der Waals surface area contributed by atoms with Gasteiger partial charge in [-0.3, -0.25) is 4.79 Å². The number of alkyl carbamates (subject to hydrolysis) is 1. The molecule has 0 saturated carbocycles. The number of hydrogen-bond acceptors (Lipinski definition) is 4. The van der Waals surface area contributed by atoms with E-state index in [9.17, 15) is 9.59 Å². The highest BCUT2D eigenvalue weighted by atomic mass is 16.6. The third-order valence-corrected chi connectivity index (χ3v) is 4.24. The smallest absolute Gasteiger partial charge is 0.407 e. The number of nitrogens with zero attached hydrogens (tertiary/aromatic N) is 1. The van der Waals surface area contributed by atoms with Crippen molar-refractivity contribution < 1.29 is 14.3 Å². The highest BCUT2D eigenvalue weighted by Crippen LogP contribution is 2.16. The van der Waals surface area contributed by atoms with Gasteiger partial charge in [-0.2, -0.15) is 0 Å². The van der Waals surface area contributed by atoms with E-state index >= 15 is 0 Å². The number of anilines is 1. The van der Waals surface area contributed by atoms with E-state index in [0.29, 0.717) is 18.9 Å². The summed E-state index contributed by atoms with van der Waals surface area (Å²) in [5.74, 6) is 0.499. The molecule has 1 heterocycles. The molecule has 0 spiro atoms. The zero-order valence-electron chi connectivity index (χ0n) is 16.1. The maximum absolute atomic E-state index is 12.0. The number of rotatable bonds is 7. The first-order chi connectivity index (χ1) is 12.3. The Morgan fingerprint density at radius 2 is 1.96 bits per heavy atom. The van der Waals surface area contributed by atoms with Gasteiger partial charge in [0.2, 0.25) is 5.91 Å². The summed E-state index contributed by atoms with van der Waals surface area (Å²) in [6, 6.07) is 9.52. The molecule has 0 bridgehead atoms. The van der Waals surface area contributed by atoms with Crippen LogP contribution in [-0.2, 0) is 9.53 Å². The van der Waals surface area contributed by atoms with Gasteiger partial charge in [0.1, 0.15) is 5.60 Å². The average molecular weight is 361 g/mol. The molecule has 2 rings (SSSR count). The molecule has 0 aromatic heterocycles. The van der Waals surface area contributed by atoms with Crippen LogP contribution in [0.3, 0.4) is 0 Å². The Labute approximate surface area is 156 Å². The quantitative estimate of drug-likeness (QED) is 0.782. The summed E-state index contributed by atoms with van der Waals surface area (Å²) in [6.07, 6.45) is 2.07. The van der Waals surface area contributed by atoms with Crippen molar-refractivity contribution >= 4 is 17.7 Å². The van der Waals surface area contributed by atoms with E-state index in [1.54, 1.807) is 0 Å². The molecule has 144 valence electrons. The van der Waals surface area contributed by atoms with Gasteiger partial charge in [-0.15, -0.1) is 0 Å². The number of amides is 2. The summed E-state index contributed by atoms with van der Waals surface area (Å²) >= 11 is 0. The number of nitrogens with one attached hydrogen (secondary N) is 2. The third kappa shape index (κ3) is 7.87. The molecule has 1 aromatic rings. The number of benzene rings is 1. The number of ether oxygens (including phenoxy) is 1. The van der Waals surface area contributed by atoms with Crippen molar-refractivity contribution in [1.29, 1.82) is 0 Å². The molecule has 2 amide bonds. The molecule has 1 fully saturated rings. The number of likely N-dealkylation sites (tertiary alicyclic amines) is 1. The Morgan fingerprint density at radius 3 is 2.65 bits per heavy atom. The summed E-state index contributed by atoms with van der Waals surface area (Å²) in [7, 11) is 0. The zero-order valence-corrected chi connectivity index (χ0v) is 16.1. The van der Waals surface area contributed by atoms with E-state index in [2.05, 4.69) is 15.5 Å². The molecule has 1 atom stereocenters. The minimum atomic E-state index is -0.466. The molecule has 6 nitrogen and oxygen atoms in total. The van der Waals surface area contributed by atoms with Crippen LogP contribution in [0.15, 0.2) is 30.3 Å². The predicted octanol–water partition coefficient (Wildman–Crippen LogP) is 3.25. The first-order valence-electron chi connectivity index (χ1n) is 9.36. The second kappa shape index (κ2) is 9.57. The van der Waals surface area contributed by atoms with Gasteiger partial charge in [-0.25, -0.2) is 4.79 Å². The normalized spacial score (nSPS) is 17.7. The SMILES string of the molecule is CC(C)(C)OC(=O)NCC1CCN(CCCC(=O)Nc2ccccc2)C1. The zero-order chi connectivity index (χ0) is 19.0. The lowest BCUT2D eigenvalue weighted by Gasteiger charge is -2.21. The van der Waals surface area contributed by atoms with Crippen LogP contribution < -0.4 is 10.6 Å². The molecule has 26 heavy (non-hydrogen) atoms. The van der Waals surface area contributed by atoms with Crippen molar-refractivity contribution in [2.75, 3.05) is 31.5 Å². The van der Waals surface area contributed by atoms with E-state index in [4.69, 9.17) is 4.74 Å². The van der Waals surface area contributed by atoms with E-state index in [0.717, 1.165) is 38.2 Å². The molecule has 1 aromatic carbocycles. The molecule has 1 aliphatic heterocycles. The van der Waals surface area contributed by atoms with Crippen LogP contribution in [0.2, 0.25) is 0 Å². The van der Waals surface area contributed by atoms with Gasteiger partial charge in [0.15, 0.2) is 0 Å². The Bertz CT molecular complexity index is 584. The summed E-state index contributed by atoms with van der Waals surface area (Å²) in [5, 5.41) is 5.76. The number of hydrogen-bond donors (Lipinski definition) is 2. The Hall–Kier alpha value is -2.08. The first-order valence-corrected chi connectivity index (χ1v) is 9.36. The number of carbonyl (C=O) groups is 2. The fourth-order valence-corrected chi connectivity index (χ4v) is 3.03. The minimum Gasteiger partial charge on any atom is -0.444 e. The molecular weight excluding hydrogens is 330 g/mol. The standard InChI is InChI=1S/C20H31N3O3/c1-20(2,3)26-19(25)21-14-16-11-13-23(15-16)12-7-10-18(24)22-17-8-5-4-6-9-17/h4-6,8-9,16H,7,10-15H2,1-3H3,(H,21,25)(H,22,24). The molecule has 0 aliphatic carbocycles. The molecule has 1 aliphatic rings. The van der Waals surface area contributed by atoms with Gasteiger partial charge in [0.25, 0.3) is 0 Å². The molecule has 6 heteroatoms. The van der Waals surface area contributed by atoms with Crippen molar-refractivity contribution in [1.82, 2.24) is 10.2 Å². The Kier molecular flexibility index (Phi) is 7.45. The van der Waals surface area contributed by atoms with Gasteiger partial charge >= 0.3 is 6.09 Å². The third-order valence-electron chi connectivity index (χ3n) is 4.24. The lowest BCUT2D eigenvalue weighted by atomic mass is 10.1. The van der Waals surface area contributed by atoms with Crippen molar-refractivity contribution in [3.63, 3.8) is 0 Å². The Balaban J connectivity index is 1.58. The van der Waals surface area contributed by atoms with Crippen LogP contribution in [0.1, 0.15) is 40.0 Å². The van der Waals surface area contributed by atoms with Crippen LogP contribution in [0, 0.1) is 5.92 Å². The van der Waals surface area contributed by atoms with Crippen LogP contribution in [-0.4, -0.2) is 48.7 Å². The largest absolute Gasteiger partial charge is 0.444 e. The lowest BCUT2D eigenvalue weighted by Crippen LogP contribution is -2.36. The lowest BCUT2D eigenvalue weighted by molar-refractivity contribution is -0.116. The van der Waals surface area contributed by atoms with Gasteiger partial charge < -0.3 is 20.3 Å². The van der Waals surface area contributed by atoms with E-state index in [1.165, 1.54) is 0 Å². The van der Waals surface area contributed by atoms with Crippen LogP contribution in [0.25, 0.3) is 0 Å². The number of carbonyl (C=O) groups excluding carboxylic acids is 2. The summed E-state index contributed by atoms with van der Waals surface area (Å²) in [6.45, 7) is 9.09. The molecule has 2 N–H and O–H groups in total. The van der Waals surface area contributed by atoms with Crippen LogP contribution >= 0.6 is 0 Å². The van der Waals surface area contributed by atoms with Crippen molar-refractivity contribution in [3.05, 3.63) is 30.3 Å². The highest BCUT2D eigenvalue weighted by Gasteiger charge is 2.23. The van der Waals surface area contributed by atoms with Gasteiger partial charge in [-0.1, -0.05) is 18.2 Å².